The van der Waals surface area contributed by atoms with Gasteiger partial charge in [0.25, 0.3) is 12.3 Å². The molecule has 1 saturated heterocycles. The highest BCUT2D eigenvalue weighted by atomic mass is 19.3. The molecule has 0 saturated carbocycles. The number of hydrogen-bond donors (Lipinski definition) is 2. The number of rotatable bonds is 5. The quantitative estimate of drug-likeness (QED) is 0.760. The van der Waals surface area contributed by atoms with Crippen molar-refractivity contribution in [3.63, 3.8) is 0 Å². The summed E-state index contributed by atoms with van der Waals surface area (Å²) in [6.45, 7) is 0.218. The number of primary amides is 1. The Morgan fingerprint density at radius 1 is 1.41 bits per heavy atom. The average molecular weight is 407 g/mol. The normalized spacial score (nSPS) is 18.7. The number of fused-ring (bicyclic) bond motifs is 3. The molecule has 29 heavy (non-hydrogen) atoms. The highest BCUT2D eigenvalue weighted by molar-refractivity contribution is 5.95. The first kappa shape index (κ1) is 19.1. The third-order valence-electron chi connectivity index (χ3n) is 4.69. The molecule has 9 nitrogen and oxygen atoms in total. The molecule has 3 N–H and O–H groups in total. The molecule has 1 unspecified atom stereocenters. The first-order valence-electron chi connectivity index (χ1n) is 8.98. The maximum absolute atomic E-state index is 13.4. The molecule has 3 heterocycles. The van der Waals surface area contributed by atoms with Gasteiger partial charge in [0.2, 0.25) is 5.91 Å². The number of hydrogen-bond acceptors (Lipinski definition) is 6. The van der Waals surface area contributed by atoms with Gasteiger partial charge in [-0.1, -0.05) is 0 Å². The molecule has 11 heteroatoms. The van der Waals surface area contributed by atoms with E-state index < -0.39 is 24.3 Å². The average Bonchev–Trinajstić information content (AvgIpc) is 3.02. The third-order valence-corrected chi connectivity index (χ3v) is 4.69. The molecule has 1 aromatic carbocycles. The number of imidazole rings is 1. The van der Waals surface area contributed by atoms with E-state index in [4.69, 9.17) is 15.2 Å². The Morgan fingerprint density at radius 2 is 2.24 bits per heavy atom. The monoisotopic (exact) mass is 407 g/mol. The summed E-state index contributed by atoms with van der Waals surface area (Å²) < 4.78 is 39.3. The van der Waals surface area contributed by atoms with Gasteiger partial charge >= 0.3 is 0 Å². The van der Waals surface area contributed by atoms with Gasteiger partial charge in [0.05, 0.1) is 25.3 Å². The number of carbonyl (C=O) groups is 2. The van der Waals surface area contributed by atoms with Crippen molar-refractivity contribution in [2.24, 2.45) is 5.73 Å². The van der Waals surface area contributed by atoms with Crippen molar-refractivity contribution < 1.29 is 27.8 Å². The van der Waals surface area contributed by atoms with Crippen molar-refractivity contribution in [3.05, 3.63) is 24.4 Å². The second-order valence-electron chi connectivity index (χ2n) is 6.68. The minimum atomic E-state index is -2.75. The summed E-state index contributed by atoms with van der Waals surface area (Å²) >= 11 is 0. The van der Waals surface area contributed by atoms with Gasteiger partial charge in [0, 0.05) is 18.0 Å². The van der Waals surface area contributed by atoms with Crippen LogP contribution in [-0.4, -0.2) is 60.2 Å². The molecule has 2 amide bonds. The van der Waals surface area contributed by atoms with E-state index in [0.29, 0.717) is 36.0 Å². The summed E-state index contributed by atoms with van der Waals surface area (Å²) in [4.78, 5) is 28.7. The van der Waals surface area contributed by atoms with E-state index in [0.717, 1.165) is 4.90 Å². The number of aromatic nitrogens is 2. The Balaban J connectivity index is 1.69. The van der Waals surface area contributed by atoms with Crippen LogP contribution < -0.4 is 20.7 Å². The zero-order valence-corrected chi connectivity index (χ0v) is 15.3. The summed E-state index contributed by atoms with van der Waals surface area (Å²) in [5.41, 5.74) is 6.43. The Labute approximate surface area is 164 Å². The minimum absolute atomic E-state index is 0.0221. The zero-order chi connectivity index (χ0) is 20.5. The molecule has 1 fully saturated rings. The van der Waals surface area contributed by atoms with Gasteiger partial charge in [0.15, 0.2) is 5.82 Å². The lowest BCUT2D eigenvalue weighted by atomic mass is 10.1. The van der Waals surface area contributed by atoms with Crippen LogP contribution in [-0.2, 0) is 20.9 Å². The van der Waals surface area contributed by atoms with Crippen molar-refractivity contribution >= 4 is 23.3 Å². The molecule has 154 valence electrons. The molecule has 2 aliphatic rings. The minimum Gasteiger partial charge on any atom is -0.491 e. The van der Waals surface area contributed by atoms with Crippen LogP contribution in [0, 0.1) is 0 Å². The van der Waals surface area contributed by atoms with E-state index in [1.54, 1.807) is 29.0 Å². The molecule has 2 aliphatic heterocycles. The van der Waals surface area contributed by atoms with Gasteiger partial charge in [-0.25, -0.2) is 13.8 Å². The predicted molar refractivity (Wildman–Crippen MR) is 98.9 cm³/mol. The molecule has 4 rings (SSSR count). The topological polar surface area (TPSA) is 112 Å². The van der Waals surface area contributed by atoms with Gasteiger partial charge in [-0.15, -0.1) is 0 Å². The van der Waals surface area contributed by atoms with Crippen molar-refractivity contribution in [1.29, 1.82) is 0 Å². The highest BCUT2D eigenvalue weighted by Gasteiger charge is 2.38. The molecule has 1 atom stereocenters. The first-order chi connectivity index (χ1) is 13.9. The number of nitrogens with one attached hydrogen (secondary N) is 1. The van der Waals surface area contributed by atoms with Crippen LogP contribution in [0.15, 0.2) is 24.4 Å². The van der Waals surface area contributed by atoms with E-state index in [-0.39, 0.29) is 25.6 Å². The molecule has 0 radical (unpaired) electrons. The van der Waals surface area contributed by atoms with Crippen LogP contribution in [0.25, 0.3) is 11.4 Å². The molecule has 1 aromatic heterocycles. The van der Waals surface area contributed by atoms with Crippen LogP contribution in [0.3, 0.4) is 0 Å². The molecule has 2 aromatic rings. The number of ether oxygens (including phenoxy) is 2. The van der Waals surface area contributed by atoms with Gasteiger partial charge in [-0.3, -0.25) is 14.5 Å². The van der Waals surface area contributed by atoms with Crippen LogP contribution >= 0.6 is 0 Å². The second kappa shape index (κ2) is 7.66. The van der Waals surface area contributed by atoms with E-state index >= 15 is 0 Å². The number of amides is 2. The molecule has 0 aliphatic carbocycles. The maximum Gasteiger partial charge on any atom is 0.261 e. The Morgan fingerprint density at radius 3 is 3.00 bits per heavy atom. The Bertz CT molecular complexity index is 948. The summed E-state index contributed by atoms with van der Waals surface area (Å²) in [6.07, 6.45) is -1.18. The highest BCUT2D eigenvalue weighted by Crippen LogP contribution is 2.36. The number of carbonyl (C=O) groups excluding carboxylic acids is 2. The number of morpholine rings is 1. The maximum atomic E-state index is 13.4. The Kier molecular flexibility index (Phi) is 5.05. The van der Waals surface area contributed by atoms with Gasteiger partial charge in [0.1, 0.15) is 30.8 Å². The number of benzene rings is 1. The van der Waals surface area contributed by atoms with Crippen molar-refractivity contribution in [1.82, 2.24) is 9.55 Å². The fourth-order valence-electron chi connectivity index (χ4n) is 3.36. The lowest BCUT2D eigenvalue weighted by Gasteiger charge is -2.33. The smallest absolute Gasteiger partial charge is 0.261 e. The van der Waals surface area contributed by atoms with E-state index in [1.807, 2.05) is 0 Å². The Hall–Kier alpha value is -3.21. The summed E-state index contributed by atoms with van der Waals surface area (Å²) in [6, 6.07) is 3.81. The lowest BCUT2D eigenvalue weighted by molar-refractivity contribution is -0.130. The van der Waals surface area contributed by atoms with Crippen LogP contribution in [0.2, 0.25) is 0 Å². The zero-order valence-electron chi connectivity index (χ0n) is 15.3. The van der Waals surface area contributed by atoms with Crippen LogP contribution in [0.5, 0.6) is 5.75 Å². The first-order valence-corrected chi connectivity index (χ1v) is 8.98. The number of halogens is 2. The molecule has 0 bridgehead atoms. The molecular weight excluding hydrogens is 388 g/mol. The summed E-state index contributed by atoms with van der Waals surface area (Å²) in [5, 5.41) is 2.89. The van der Waals surface area contributed by atoms with E-state index in [9.17, 15) is 18.4 Å². The lowest BCUT2D eigenvalue weighted by Crippen LogP contribution is -2.53. The SMILES string of the molecule is NC(=O)CNc1ccc2c(c1)OCCn1cc(N3C(=O)COCC3C(F)F)nc1-2. The second-order valence-corrected chi connectivity index (χ2v) is 6.68. The fourth-order valence-corrected chi connectivity index (χ4v) is 3.36. The summed E-state index contributed by atoms with van der Waals surface area (Å²) in [7, 11) is 0. The molecular formula is C18H19F2N5O4. The van der Waals surface area contributed by atoms with Crippen molar-refractivity contribution in [2.75, 3.05) is 36.6 Å². The molecule has 0 spiro atoms. The third kappa shape index (κ3) is 3.73. The van der Waals surface area contributed by atoms with E-state index in [2.05, 4.69) is 10.3 Å². The van der Waals surface area contributed by atoms with Crippen molar-refractivity contribution in [2.45, 2.75) is 19.0 Å². The number of anilines is 2. The largest absolute Gasteiger partial charge is 0.491 e. The van der Waals surface area contributed by atoms with Gasteiger partial charge in [-0.2, -0.15) is 0 Å². The summed E-state index contributed by atoms with van der Waals surface area (Å²) in [5.74, 6) is 0.125. The number of nitrogens with zero attached hydrogens (tertiary/aromatic N) is 3. The van der Waals surface area contributed by atoms with Crippen LogP contribution in [0.4, 0.5) is 20.3 Å². The number of alkyl halides is 2. The fraction of sp³-hybridized carbons (Fsp3) is 0.389. The number of nitrogens with two attached hydrogens (primary N) is 1. The van der Waals surface area contributed by atoms with Gasteiger partial charge in [-0.05, 0) is 12.1 Å². The predicted octanol–water partition coefficient (Wildman–Crippen LogP) is 0.837. The van der Waals surface area contributed by atoms with Crippen molar-refractivity contribution in [3.8, 4) is 17.1 Å². The standard InChI is InChI=1S/C18H19F2N5O4/c19-17(20)12-8-28-9-16(27)25(12)15-7-24-3-4-29-13-5-10(22-6-14(21)26)1-2-11(13)18(24)23-15/h1-2,5,7,12,17,22H,3-4,6,8-9H2,(H2,21,26). The van der Waals surface area contributed by atoms with Gasteiger partial charge < -0.3 is 25.1 Å². The van der Waals surface area contributed by atoms with Crippen LogP contribution in [0.1, 0.15) is 0 Å². The van der Waals surface area contributed by atoms with E-state index in [1.165, 1.54) is 0 Å².